The van der Waals surface area contributed by atoms with Crippen molar-refractivity contribution in [2.24, 2.45) is 10.9 Å². The Morgan fingerprint density at radius 3 is 2.33 bits per heavy atom. The molecule has 1 amide bonds. The Morgan fingerprint density at radius 1 is 1.13 bits per heavy atom. The molecule has 0 spiro atoms. The van der Waals surface area contributed by atoms with Gasteiger partial charge in [0, 0.05) is 40.2 Å². The normalized spacial score (nSPS) is 19.3. The fraction of sp³-hybridized carbons (Fsp3) is 0.652. The molecule has 1 aromatic rings. The zero-order valence-corrected chi connectivity index (χ0v) is 21.0. The number of nitrogens with one attached hydrogen (secondary N) is 2. The highest BCUT2D eigenvalue weighted by Crippen LogP contribution is 2.25. The molecule has 0 radical (unpaired) electrons. The standard InChI is InChI=1S/C23H37N5O.HI/c1-18-6-8-20(9-7-18)21(27-12-4-5-13-27)17-26-23(25-3)28-14-10-19(11-15-28)16-22(29)24-2;/h6-9,19,21H,4-5,10-17H2,1-3H3,(H,24,29)(H,25,26);1H. The maximum atomic E-state index is 11.6. The molecular weight excluding hydrogens is 489 g/mol. The van der Waals surface area contributed by atoms with Crippen molar-refractivity contribution in [2.45, 2.75) is 45.1 Å². The molecule has 1 unspecified atom stereocenters. The number of benzene rings is 1. The largest absolute Gasteiger partial charge is 0.359 e. The second-order valence-electron chi connectivity index (χ2n) is 8.41. The van der Waals surface area contributed by atoms with E-state index in [0.29, 0.717) is 18.4 Å². The number of carbonyl (C=O) groups is 1. The third kappa shape index (κ3) is 6.83. The Bertz CT molecular complexity index is 679. The first-order valence-corrected chi connectivity index (χ1v) is 11.1. The van der Waals surface area contributed by atoms with Crippen molar-refractivity contribution in [3.8, 4) is 0 Å². The molecule has 2 aliphatic rings. The van der Waals surface area contributed by atoms with Crippen molar-refractivity contribution in [3.63, 3.8) is 0 Å². The minimum Gasteiger partial charge on any atom is -0.359 e. The van der Waals surface area contributed by atoms with E-state index < -0.39 is 0 Å². The van der Waals surface area contributed by atoms with Crippen LogP contribution in [0.25, 0.3) is 0 Å². The summed E-state index contributed by atoms with van der Waals surface area (Å²) >= 11 is 0. The van der Waals surface area contributed by atoms with E-state index in [4.69, 9.17) is 0 Å². The van der Waals surface area contributed by atoms with Gasteiger partial charge in [0.15, 0.2) is 5.96 Å². The molecule has 2 aliphatic heterocycles. The highest BCUT2D eigenvalue weighted by Gasteiger charge is 2.26. The van der Waals surface area contributed by atoms with E-state index in [1.807, 2.05) is 7.05 Å². The van der Waals surface area contributed by atoms with Gasteiger partial charge in [-0.15, -0.1) is 24.0 Å². The summed E-state index contributed by atoms with van der Waals surface area (Å²) in [6.45, 7) is 7.27. The van der Waals surface area contributed by atoms with Gasteiger partial charge in [0.25, 0.3) is 0 Å². The van der Waals surface area contributed by atoms with Crippen LogP contribution in [0.1, 0.15) is 49.3 Å². The van der Waals surface area contributed by atoms with Crippen LogP contribution in [0.4, 0.5) is 0 Å². The Hall–Kier alpha value is -1.35. The smallest absolute Gasteiger partial charge is 0.220 e. The van der Waals surface area contributed by atoms with Gasteiger partial charge in [-0.25, -0.2) is 0 Å². The van der Waals surface area contributed by atoms with Crippen LogP contribution in [0, 0.1) is 12.8 Å². The number of piperidine rings is 1. The van der Waals surface area contributed by atoms with Gasteiger partial charge in [0.05, 0.1) is 6.04 Å². The first kappa shape index (κ1) is 24.9. The summed E-state index contributed by atoms with van der Waals surface area (Å²) in [5, 5.41) is 6.39. The number of aliphatic imine (C=N–C) groups is 1. The molecule has 1 aromatic carbocycles. The van der Waals surface area contributed by atoms with Crippen molar-refractivity contribution in [1.82, 2.24) is 20.4 Å². The van der Waals surface area contributed by atoms with Crippen molar-refractivity contribution in [1.29, 1.82) is 0 Å². The maximum Gasteiger partial charge on any atom is 0.220 e. The van der Waals surface area contributed by atoms with Gasteiger partial charge >= 0.3 is 0 Å². The average Bonchev–Trinajstić information content (AvgIpc) is 3.27. The van der Waals surface area contributed by atoms with Gasteiger partial charge in [-0.3, -0.25) is 14.7 Å². The van der Waals surface area contributed by atoms with Crippen LogP contribution in [0.5, 0.6) is 0 Å². The lowest BCUT2D eigenvalue weighted by molar-refractivity contribution is -0.121. The fourth-order valence-corrected chi connectivity index (χ4v) is 4.53. The van der Waals surface area contributed by atoms with E-state index in [1.165, 1.54) is 37.1 Å². The summed E-state index contributed by atoms with van der Waals surface area (Å²) in [5.74, 6) is 1.62. The van der Waals surface area contributed by atoms with Gasteiger partial charge in [-0.1, -0.05) is 29.8 Å². The SMILES string of the molecule is CN=C(NCC(c1ccc(C)cc1)N1CCCC1)N1CCC(CC(=O)NC)CC1.I. The number of carbonyl (C=O) groups excluding carboxylic acids is 1. The minimum absolute atomic E-state index is 0. The van der Waals surface area contributed by atoms with Crippen LogP contribution in [-0.2, 0) is 4.79 Å². The van der Waals surface area contributed by atoms with Gasteiger partial charge in [0.1, 0.15) is 0 Å². The molecule has 6 nitrogen and oxygen atoms in total. The summed E-state index contributed by atoms with van der Waals surface area (Å²) in [6, 6.07) is 9.34. The maximum absolute atomic E-state index is 11.6. The number of aryl methyl sites for hydroxylation is 1. The van der Waals surface area contributed by atoms with Gasteiger partial charge < -0.3 is 15.5 Å². The molecule has 0 bridgehead atoms. The summed E-state index contributed by atoms with van der Waals surface area (Å²) in [4.78, 5) is 21.1. The monoisotopic (exact) mass is 527 g/mol. The molecule has 2 N–H and O–H groups in total. The molecule has 2 fully saturated rings. The summed E-state index contributed by atoms with van der Waals surface area (Å²) in [5.41, 5.74) is 2.68. The third-order valence-electron chi connectivity index (χ3n) is 6.38. The summed E-state index contributed by atoms with van der Waals surface area (Å²) < 4.78 is 0. The summed E-state index contributed by atoms with van der Waals surface area (Å²) in [7, 11) is 3.59. The molecule has 168 valence electrons. The molecule has 0 saturated carbocycles. The lowest BCUT2D eigenvalue weighted by Gasteiger charge is -2.35. The summed E-state index contributed by atoms with van der Waals surface area (Å²) in [6.07, 6.45) is 5.30. The number of halogens is 1. The van der Waals surface area contributed by atoms with Crippen LogP contribution < -0.4 is 10.6 Å². The Balaban J connectivity index is 0.00000320. The number of amides is 1. The van der Waals surface area contributed by atoms with E-state index in [0.717, 1.165) is 38.4 Å². The van der Waals surface area contributed by atoms with Crippen LogP contribution in [-0.4, -0.2) is 68.5 Å². The fourth-order valence-electron chi connectivity index (χ4n) is 4.53. The topological polar surface area (TPSA) is 60.0 Å². The number of hydrogen-bond donors (Lipinski definition) is 2. The minimum atomic E-state index is 0. The van der Waals surface area contributed by atoms with Crippen molar-refractivity contribution in [3.05, 3.63) is 35.4 Å². The third-order valence-corrected chi connectivity index (χ3v) is 6.38. The van der Waals surface area contributed by atoms with Crippen LogP contribution in [0.3, 0.4) is 0 Å². The van der Waals surface area contributed by atoms with E-state index in [-0.39, 0.29) is 29.9 Å². The van der Waals surface area contributed by atoms with Gasteiger partial charge in [0.2, 0.25) is 5.91 Å². The second-order valence-corrected chi connectivity index (χ2v) is 8.41. The molecular formula is C23H38IN5O. The molecule has 1 atom stereocenters. The first-order chi connectivity index (χ1) is 14.1. The first-order valence-electron chi connectivity index (χ1n) is 11.1. The molecule has 0 aliphatic carbocycles. The molecule has 30 heavy (non-hydrogen) atoms. The van der Waals surface area contributed by atoms with Crippen molar-refractivity contribution in [2.75, 3.05) is 46.8 Å². The van der Waals surface area contributed by atoms with Gasteiger partial charge in [-0.05, 0) is 57.2 Å². The zero-order chi connectivity index (χ0) is 20.6. The van der Waals surface area contributed by atoms with Crippen LogP contribution >= 0.6 is 24.0 Å². The van der Waals surface area contributed by atoms with Crippen LogP contribution in [0.15, 0.2) is 29.3 Å². The molecule has 2 saturated heterocycles. The highest BCUT2D eigenvalue weighted by molar-refractivity contribution is 14.0. The average molecular weight is 527 g/mol. The predicted molar refractivity (Wildman–Crippen MR) is 134 cm³/mol. The second kappa shape index (κ2) is 12.5. The Morgan fingerprint density at radius 2 is 1.77 bits per heavy atom. The number of rotatable bonds is 6. The van der Waals surface area contributed by atoms with E-state index in [9.17, 15) is 4.79 Å². The zero-order valence-electron chi connectivity index (χ0n) is 18.7. The quantitative estimate of drug-likeness (QED) is 0.339. The Kier molecular flexibility index (Phi) is 10.4. The van der Waals surface area contributed by atoms with Gasteiger partial charge in [-0.2, -0.15) is 0 Å². The lowest BCUT2D eigenvalue weighted by Crippen LogP contribution is -2.48. The van der Waals surface area contributed by atoms with E-state index >= 15 is 0 Å². The lowest BCUT2D eigenvalue weighted by atomic mass is 9.93. The molecule has 0 aromatic heterocycles. The van der Waals surface area contributed by atoms with E-state index in [2.05, 4.69) is 56.6 Å². The Labute approximate surface area is 198 Å². The van der Waals surface area contributed by atoms with Crippen molar-refractivity contribution >= 4 is 35.8 Å². The van der Waals surface area contributed by atoms with Crippen molar-refractivity contribution < 1.29 is 4.79 Å². The molecule has 3 rings (SSSR count). The number of likely N-dealkylation sites (tertiary alicyclic amines) is 2. The number of guanidine groups is 1. The number of nitrogens with zero attached hydrogens (tertiary/aromatic N) is 3. The number of hydrogen-bond acceptors (Lipinski definition) is 3. The predicted octanol–water partition coefficient (Wildman–Crippen LogP) is 3.17. The molecule has 2 heterocycles. The molecule has 7 heteroatoms. The highest BCUT2D eigenvalue weighted by atomic mass is 127. The van der Waals surface area contributed by atoms with Crippen LogP contribution in [0.2, 0.25) is 0 Å². The van der Waals surface area contributed by atoms with E-state index in [1.54, 1.807) is 7.05 Å².